The highest BCUT2D eigenvalue weighted by Gasteiger charge is 2.53. The first-order valence-corrected chi connectivity index (χ1v) is 11.7. The molecule has 8 nitrogen and oxygen atoms in total. The molecule has 2 unspecified atom stereocenters. The van der Waals surface area contributed by atoms with Gasteiger partial charge in [-0.15, -0.1) is 0 Å². The Kier molecular flexibility index (Phi) is 5.90. The van der Waals surface area contributed by atoms with E-state index in [4.69, 9.17) is 5.73 Å². The van der Waals surface area contributed by atoms with E-state index in [1.807, 2.05) is 24.3 Å². The Morgan fingerprint density at radius 1 is 1.03 bits per heavy atom. The van der Waals surface area contributed by atoms with Crippen molar-refractivity contribution in [2.45, 2.75) is 43.2 Å². The molecule has 0 saturated heterocycles. The summed E-state index contributed by atoms with van der Waals surface area (Å²) in [6, 6.07) is 16.0. The van der Waals surface area contributed by atoms with Crippen molar-refractivity contribution in [3.63, 3.8) is 0 Å². The van der Waals surface area contributed by atoms with Gasteiger partial charge in [-0.25, -0.2) is 0 Å². The first-order valence-electron chi connectivity index (χ1n) is 11.7. The van der Waals surface area contributed by atoms with Gasteiger partial charge >= 0.3 is 5.97 Å². The van der Waals surface area contributed by atoms with Crippen molar-refractivity contribution in [3.05, 3.63) is 78.1 Å². The Hall–Kier alpha value is -3.91. The number of rotatable bonds is 7. The average Bonchev–Trinajstić information content (AvgIpc) is 3.35. The topological polar surface area (TPSA) is 135 Å². The highest BCUT2D eigenvalue weighted by Crippen LogP contribution is 2.50. The summed E-state index contributed by atoms with van der Waals surface area (Å²) in [7, 11) is 0. The maximum atomic E-state index is 13.2. The third kappa shape index (κ3) is 4.10. The second-order valence-corrected chi connectivity index (χ2v) is 9.40. The van der Waals surface area contributed by atoms with Crippen molar-refractivity contribution in [2.24, 2.45) is 11.7 Å². The highest BCUT2D eigenvalue weighted by molar-refractivity contribution is 6.44. The zero-order valence-corrected chi connectivity index (χ0v) is 19.1. The number of carboxylic acid groups (broad SMARTS) is 1. The molecule has 0 radical (unpaired) electrons. The first-order chi connectivity index (χ1) is 16.9. The number of hydrogen-bond donors (Lipinski definition) is 3. The lowest BCUT2D eigenvalue weighted by Gasteiger charge is -2.44. The molecule has 1 aliphatic carbocycles. The molecule has 2 aromatic carbocycles. The number of anilines is 1. The lowest BCUT2D eigenvalue weighted by atomic mass is 9.66. The molecule has 4 atom stereocenters. The molecular formula is C27H26N4O4. The summed E-state index contributed by atoms with van der Waals surface area (Å²) in [5, 5.41) is 21.4. The number of benzene rings is 2. The zero-order valence-electron chi connectivity index (χ0n) is 19.1. The summed E-state index contributed by atoms with van der Waals surface area (Å²) in [4.78, 5) is 39.0. The Balaban J connectivity index is 1.46. The number of ketones is 2. The molecule has 8 heteroatoms. The fraction of sp³-hybridized carbons (Fsp3) is 0.296. The molecule has 0 amide bonds. The number of Topliss-reactive ketones (excluding diaryl/α,β-unsaturated/α-hetero) is 2. The van der Waals surface area contributed by atoms with Crippen molar-refractivity contribution >= 4 is 23.2 Å². The van der Waals surface area contributed by atoms with E-state index < -0.39 is 35.4 Å². The van der Waals surface area contributed by atoms with Crippen LogP contribution in [0, 0.1) is 5.92 Å². The molecule has 1 aliphatic heterocycles. The molecule has 2 heterocycles. The van der Waals surface area contributed by atoms with Crippen molar-refractivity contribution < 1.29 is 19.5 Å². The van der Waals surface area contributed by atoms with Gasteiger partial charge in [-0.3, -0.25) is 14.4 Å². The molecule has 1 aromatic heterocycles. The Labute approximate surface area is 202 Å². The maximum absolute atomic E-state index is 13.2. The van der Waals surface area contributed by atoms with Crippen LogP contribution in [0.1, 0.15) is 47.5 Å². The number of nitrogens with one attached hydrogen (secondary N) is 1. The van der Waals surface area contributed by atoms with Gasteiger partial charge in [0.05, 0.1) is 12.4 Å². The van der Waals surface area contributed by atoms with E-state index in [-0.39, 0.29) is 17.5 Å². The predicted molar refractivity (Wildman–Crippen MR) is 130 cm³/mol. The molecule has 1 fully saturated rings. The van der Waals surface area contributed by atoms with E-state index in [2.05, 4.69) is 15.5 Å². The molecule has 4 N–H and O–H groups in total. The molecule has 5 rings (SSSR count). The minimum atomic E-state index is -1.91. The van der Waals surface area contributed by atoms with Crippen molar-refractivity contribution in [3.8, 4) is 11.1 Å². The van der Waals surface area contributed by atoms with Gasteiger partial charge in [0.15, 0.2) is 0 Å². The van der Waals surface area contributed by atoms with Crippen LogP contribution in [-0.4, -0.2) is 44.4 Å². The molecule has 2 aliphatic rings. The Bertz CT molecular complexity index is 1300. The first kappa shape index (κ1) is 22.9. The number of carbonyl (C=O) groups is 3. The van der Waals surface area contributed by atoms with Crippen LogP contribution in [0.5, 0.6) is 0 Å². The monoisotopic (exact) mass is 470 g/mol. The summed E-state index contributed by atoms with van der Waals surface area (Å²) in [6.07, 6.45) is 5.20. The summed E-state index contributed by atoms with van der Waals surface area (Å²) in [5.41, 5.74) is 7.96. The van der Waals surface area contributed by atoms with Crippen molar-refractivity contribution in [1.29, 1.82) is 0 Å². The highest BCUT2D eigenvalue weighted by atomic mass is 16.4. The predicted octanol–water partition coefficient (Wildman–Crippen LogP) is 3.45. The Morgan fingerprint density at radius 2 is 1.86 bits per heavy atom. The zero-order chi connectivity index (χ0) is 24.6. The molecule has 0 bridgehead atoms. The van der Waals surface area contributed by atoms with Gasteiger partial charge in [0.2, 0.25) is 11.6 Å². The smallest absolute Gasteiger partial charge is 0.324 e. The van der Waals surface area contributed by atoms with E-state index in [1.54, 1.807) is 36.5 Å². The third-order valence-corrected chi connectivity index (χ3v) is 7.34. The van der Waals surface area contributed by atoms with Crippen LogP contribution in [0.15, 0.2) is 67.0 Å². The van der Waals surface area contributed by atoms with E-state index in [9.17, 15) is 19.5 Å². The number of carbonyl (C=O) groups excluding carboxylic acids is 2. The van der Waals surface area contributed by atoms with E-state index in [0.29, 0.717) is 5.56 Å². The lowest BCUT2D eigenvalue weighted by Crippen LogP contribution is -2.59. The Morgan fingerprint density at radius 3 is 2.63 bits per heavy atom. The lowest BCUT2D eigenvalue weighted by molar-refractivity contribution is -0.146. The van der Waals surface area contributed by atoms with E-state index >= 15 is 0 Å². The van der Waals surface area contributed by atoms with Crippen LogP contribution in [0.25, 0.3) is 11.1 Å². The van der Waals surface area contributed by atoms with Crippen LogP contribution in [0.3, 0.4) is 0 Å². The molecule has 1 saturated carbocycles. The van der Waals surface area contributed by atoms with Gasteiger partial charge < -0.3 is 16.2 Å². The van der Waals surface area contributed by atoms with Gasteiger partial charge in [-0.05, 0) is 48.1 Å². The molecule has 178 valence electrons. The number of fused-ring (bicyclic) bond motifs is 2. The summed E-state index contributed by atoms with van der Waals surface area (Å²) in [5.74, 6) is -3.46. The SMILES string of the molecule is NC(CC(=O)C(=O)c1cccc(-c2ccnnc2)c1)(C(=O)O)C1c2ccccc2N[C@@H]2CCC[C@H]12. The molecule has 3 aromatic rings. The number of aromatic nitrogens is 2. The van der Waals surface area contributed by atoms with Gasteiger partial charge in [0, 0.05) is 35.2 Å². The van der Waals surface area contributed by atoms with Crippen LogP contribution < -0.4 is 11.1 Å². The van der Waals surface area contributed by atoms with Gasteiger partial charge in [-0.1, -0.05) is 42.8 Å². The number of nitrogens with zero attached hydrogens (tertiary/aromatic N) is 2. The number of aliphatic carboxylic acids is 1. The minimum Gasteiger partial charge on any atom is -0.480 e. The minimum absolute atomic E-state index is 0.0311. The largest absolute Gasteiger partial charge is 0.480 e. The average molecular weight is 471 g/mol. The van der Waals surface area contributed by atoms with Crippen LogP contribution in [-0.2, 0) is 9.59 Å². The summed E-state index contributed by atoms with van der Waals surface area (Å²) in [6.45, 7) is 0. The fourth-order valence-corrected chi connectivity index (χ4v) is 5.68. The van der Waals surface area contributed by atoms with Crippen LogP contribution >= 0.6 is 0 Å². The number of hydrogen-bond acceptors (Lipinski definition) is 7. The standard InChI is InChI=1S/C27H26N4O4/c28-27(26(34)35,24-19-7-1-2-9-21(19)31-22-10-4-8-20(22)24)14-23(32)25(33)17-6-3-5-16(13-17)18-11-12-29-30-15-18/h1-3,5-7,9,11-13,15,20,22,24,31H,4,8,10,14,28H2,(H,34,35)/t20-,22+,24?,27?/m0/s1. The van der Waals surface area contributed by atoms with Gasteiger partial charge in [-0.2, -0.15) is 10.2 Å². The summed E-state index contributed by atoms with van der Waals surface area (Å²) < 4.78 is 0. The molecule has 35 heavy (non-hydrogen) atoms. The fourth-order valence-electron chi connectivity index (χ4n) is 5.68. The third-order valence-electron chi connectivity index (χ3n) is 7.34. The van der Waals surface area contributed by atoms with Crippen LogP contribution in [0.4, 0.5) is 5.69 Å². The van der Waals surface area contributed by atoms with E-state index in [0.717, 1.165) is 36.1 Å². The quantitative estimate of drug-likeness (QED) is 0.353. The normalized spacial score (nSPS) is 22.3. The van der Waals surface area contributed by atoms with Gasteiger partial charge in [0.25, 0.3) is 0 Å². The molecular weight excluding hydrogens is 444 g/mol. The molecule has 0 spiro atoms. The summed E-state index contributed by atoms with van der Waals surface area (Å²) >= 11 is 0. The second kappa shape index (κ2) is 9.03. The van der Waals surface area contributed by atoms with E-state index in [1.165, 1.54) is 6.20 Å². The maximum Gasteiger partial charge on any atom is 0.324 e. The number of nitrogens with two attached hydrogens (primary N) is 1. The van der Waals surface area contributed by atoms with Crippen molar-refractivity contribution in [2.75, 3.05) is 5.32 Å². The van der Waals surface area contributed by atoms with Crippen LogP contribution in [0.2, 0.25) is 0 Å². The van der Waals surface area contributed by atoms with Gasteiger partial charge in [0.1, 0.15) is 5.54 Å². The second-order valence-electron chi connectivity index (χ2n) is 9.40. The van der Waals surface area contributed by atoms with Crippen molar-refractivity contribution in [1.82, 2.24) is 10.2 Å². The number of carboxylic acids is 1. The number of para-hydroxylation sites is 1.